The van der Waals surface area contributed by atoms with Gasteiger partial charge in [0.2, 0.25) is 0 Å². The van der Waals surface area contributed by atoms with Gasteiger partial charge in [-0.2, -0.15) is 4.37 Å². The van der Waals surface area contributed by atoms with Crippen LogP contribution in [0.2, 0.25) is 0 Å². The summed E-state index contributed by atoms with van der Waals surface area (Å²) in [5.41, 5.74) is 1.56. The maximum Gasteiger partial charge on any atom is 0.415 e. The molecule has 6 heteroatoms. The zero-order valence-corrected chi connectivity index (χ0v) is 13.5. The average molecular weight is 353 g/mol. The molecule has 3 rings (SSSR count). The number of halogens is 1. The number of carbonyl (C=O) groups is 1. The number of hydrogen-bond donors (Lipinski definition) is 0. The molecule has 0 saturated carbocycles. The normalized spacial score (nSPS) is 17.4. The third kappa shape index (κ3) is 2.33. The Morgan fingerprint density at radius 1 is 1.35 bits per heavy atom. The fourth-order valence-electron chi connectivity index (χ4n) is 2.13. The molecule has 1 aromatic carbocycles. The molecule has 1 aliphatic rings. The van der Waals surface area contributed by atoms with E-state index in [9.17, 15) is 4.79 Å². The highest BCUT2D eigenvalue weighted by atomic mass is 79.9. The Labute approximate surface area is 129 Å². The molecule has 2 heterocycles. The predicted octanol–water partition coefficient (Wildman–Crippen LogP) is 4.31. The fraction of sp³-hybridized carbons (Fsp3) is 0.286. The number of carbonyl (C=O) groups excluding carboxylic acids is 1. The van der Waals surface area contributed by atoms with Gasteiger partial charge < -0.3 is 4.74 Å². The molecule has 20 heavy (non-hydrogen) atoms. The summed E-state index contributed by atoms with van der Waals surface area (Å²) in [6.07, 6.45) is -0.305. The van der Waals surface area contributed by atoms with Crippen LogP contribution in [0.1, 0.15) is 13.8 Å². The second kappa shape index (κ2) is 4.86. The summed E-state index contributed by atoms with van der Waals surface area (Å²) >= 11 is 4.73. The molecule has 4 nitrogen and oxygen atoms in total. The number of benzene rings is 1. The molecule has 0 bridgehead atoms. The Morgan fingerprint density at radius 2 is 2.05 bits per heavy atom. The largest absolute Gasteiger partial charge is 0.447 e. The molecule has 0 N–H and O–H groups in total. The first-order chi connectivity index (χ1) is 9.47. The van der Waals surface area contributed by atoms with Crippen molar-refractivity contribution in [1.82, 2.24) is 4.37 Å². The van der Waals surface area contributed by atoms with Gasteiger partial charge >= 0.3 is 6.09 Å². The first-order valence-corrected chi connectivity index (χ1v) is 7.74. The minimum absolute atomic E-state index is 0.305. The van der Waals surface area contributed by atoms with Crippen LogP contribution in [-0.2, 0) is 4.74 Å². The number of amides is 1. The van der Waals surface area contributed by atoms with Crippen LogP contribution in [0.15, 0.2) is 34.8 Å². The number of rotatable bonds is 2. The quantitative estimate of drug-likeness (QED) is 0.808. The van der Waals surface area contributed by atoms with Gasteiger partial charge in [-0.05, 0) is 37.5 Å². The van der Waals surface area contributed by atoms with Gasteiger partial charge in [-0.3, -0.25) is 4.90 Å². The number of ether oxygens (including phenoxy) is 1. The molecule has 1 aromatic heterocycles. The van der Waals surface area contributed by atoms with Crippen molar-refractivity contribution in [2.45, 2.75) is 19.4 Å². The Kier molecular flexibility index (Phi) is 3.30. The van der Waals surface area contributed by atoms with Gasteiger partial charge in [0.25, 0.3) is 0 Å². The minimum Gasteiger partial charge on any atom is -0.447 e. The van der Waals surface area contributed by atoms with Crippen LogP contribution in [0.3, 0.4) is 0 Å². The summed E-state index contributed by atoms with van der Waals surface area (Å²) in [5, 5.41) is 0.815. The number of nitrogens with zero attached hydrogens (tertiary/aromatic N) is 2. The molecule has 2 aromatic rings. The monoisotopic (exact) mass is 352 g/mol. The van der Waals surface area contributed by atoms with E-state index in [0.29, 0.717) is 6.61 Å². The summed E-state index contributed by atoms with van der Waals surface area (Å²) in [5.74, 6) is 0. The Morgan fingerprint density at radius 3 is 2.65 bits per heavy atom. The molecule has 0 spiro atoms. The Balaban J connectivity index is 1.94. The van der Waals surface area contributed by atoms with E-state index in [1.165, 1.54) is 11.5 Å². The highest BCUT2D eigenvalue weighted by molar-refractivity contribution is 9.10. The van der Waals surface area contributed by atoms with Crippen molar-refractivity contribution >= 4 is 38.6 Å². The molecule has 1 amide bonds. The van der Waals surface area contributed by atoms with Gasteiger partial charge in [-0.1, -0.05) is 28.1 Å². The van der Waals surface area contributed by atoms with E-state index in [1.54, 1.807) is 4.90 Å². The van der Waals surface area contributed by atoms with E-state index in [4.69, 9.17) is 4.74 Å². The van der Waals surface area contributed by atoms with Crippen LogP contribution < -0.4 is 4.90 Å². The van der Waals surface area contributed by atoms with Crippen molar-refractivity contribution in [2.75, 3.05) is 11.5 Å². The van der Waals surface area contributed by atoms with Crippen molar-refractivity contribution in [2.24, 2.45) is 0 Å². The third-order valence-electron chi connectivity index (χ3n) is 3.19. The van der Waals surface area contributed by atoms with Crippen molar-refractivity contribution < 1.29 is 9.53 Å². The lowest BCUT2D eigenvalue weighted by molar-refractivity contribution is 0.175. The van der Waals surface area contributed by atoms with Crippen LogP contribution in [0.25, 0.3) is 11.3 Å². The lowest BCUT2D eigenvalue weighted by atomic mass is 10.1. The van der Waals surface area contributed by atoms with Crippen molar-refractivity contribution in [3.8, 4) is 11.3 Å². The Hall–Kier alpha value is -1.40. The van der Waals surface area contributed by atoms with E-state index < -0.39 is 0 Å². The summed E-state index contributed by atoms with van der Waals surface area (Å²) in [4.78, 5) is 13.5. The highest BCUT2D eigenvalue weighted by Gasteiger charge is 2.42. The molecule has 1 aliphatic heterocycles. The van der Waals surface area contributed by atoms with Gasteiger partial charge in [0, 0.05) is 16.1 Å². The van der Waals surface area contributed by atoms with Crippen molar-refractivity contribution in [3.63, 3.8) is 0 Å². The summed E-state index contributed by atoms with van der Waals surface area (Å²) in [6, 6.07) is 9.87. The molecule has 0 atom stereocenters. The minimum atomic E-state index is -0.333. The van der Waals surface area contributed by atoms with Crippen LogP contribution in [0, 0.1) is 0 Å². The van der Waals surface area contributed by atoms with E-state index in [1.807, 2.05) is 44.2 Å². The van der Waals surface area contributed by atoms with Crippen LogP contribution in [0.5, 0.6) is 0 Å². The maximum absolute atomic E-state index is 11.9. The second-order valence-corrected chi connectivity index (χ2v) is 6.96. The van der Waals surface area contributed by atoms with Gasteiger partial charge in [0.15, 0.2) is 0 Å². The molecular formula is C14H13BrN2O2S. The van der Waals surface area contributed by atoms with E-state index in [-0.39, 0.29) is 11.6 Å². The van der Waals surface area contributed by atoms with Gasteiger partial charge in [0.1, 0.15) is 11.6 Å². The summed E-state index contributed by atoms with van der Waals surface area (Å²) in [6.45, 7) is 4.37. The number of cyclic esters (lactones) is 1. The SMILES string of the molecule is CC1(C)COC(=O)N1c1cc(-c2ccc(Br)cc2)ns1. The lowest BCUT2D eigenvalue weighted by Gasteiger charge is -2.25. The van der Waals surface area contributed by atoms with Gasteiger partial charge in [-0.15, -0.1) is 0 Å². The lowest BCUT2D eigenvalue weighted by Crippen LogP contribution is -2.41. The second-order valence-electron chi connectivity index (χ2n) is 5.26. The first kappa shape index (κ1) is 13.6. The number of aromatic nitrogens is 1. The zero-order chi connectivity index (χ0) is 14.3. The molecule has 1 fully saturated rings. The third-order valence-corrected chi connectivity index (χ3v) is 4.50. The highest BCUT2D eigenvalue weighted by Crippen LogP contribution is 2.36. The van der Waals surface area contributed by atoms with E-state index in [2.05, 4.69) is 20.3 Å². The summed E-state index contributed by atoms with van der Waals surface area (Å²) < 4.78 is 10.6. The number of hydrogen-bond acceptors (Lipinski definition) is 4. The molecule has 0 radical (unpaired) electrons. The molecule has 1 saturated heterocycles. The molecule has 104 valence electrons. The van der Waals surface area contributed by atoms with Gasteiger partial charge in [0.05, 0.1) is 11.2 Å². The van der Waals surface area contributed by atoms with Crippen LogP contribution >= 0.6 is 27.5 Å². The molecule has 0 unspecified atom stereocenters. The summed E-state index contributed by atoms with van der Waals surface area (Å²) in [7, 11) is 0. The average Bonchev–Trinajstić information content (AvgIpc) is 2.95. The molecular weight excluding hydrogens is 340 g/mol. The van der Waals surface area contributed by atoms with Crippen LogP contribution in [-0.4, -0.2) is 22.6 Å². The zero-order valence-electron chi connectivity index (χ0n) is 11.1. The molecule has 0 aliphatic carbocycles. The van der Waals surface area contributed by atoms with Gasteiger partial charge in [-0.25, -0.2) is 4.79 Å². The fourth-order valence-corrected chi connectivity index (χ4v) is 3.31. The standard InChI is InChI=1S/C14H13BrN2O2S/c1-14(2)8-19-13(18)17(14)12-7-11(16-20-12)9-3-5-10(15)6-4-9/h3-7H,8H2,1-2H3. The Bertz CT molecular complexity index is 651. The maximum atomic E-state index is 11.9. The first-order valence-electron chi connectivity index (χ1n) is 6.17. The predicted molar refractivity (Wildman–Crippen MR) is 83.2 cm³/mol. The van der Waals surface area contributed by atoms with Crippen molar-refractivity contribution in [1.29, 1.82) is 0 Å². The van der Waals surface area contributed by atoms with Crippen molar-refractivity contribution in [3.05, 3.63) is 34.8 Å². The topological polar surface area (TPSA) is 42.4 Å². The smallest absolute Gasteiger partial charge is 0.415 e. The number of anilines is 1. The van der Waals surface area contributed by atoms with E-state index in [0.717, 1.165) is 20.7 Å². The van der Waals surface area contributed by atoms with Crippen LogP contribution in [0.4, 0.5) is 9.80 Å². The van der Waals surface area contributed by atoms with E-state index >= 15 is 0 Å².